The molecule has 0 saturated heterocycles. The maximum atomic E-state index is 11.2. The third-order valence-corrected chi connectivity index (χ3v) is 2.74. The van der Waals surface area contributed by atoms with E-state index < -0.39 is 11.5 Å². The second-order valence-electron chi connectivity index (χ2n) is 4.88. The number of hydrogen-bond acceptors (Lipinski definition) is 5. The van der Waals surface area contributed by atoms with E-state index in [0.717, 1.165) is 5.56 Å². The van der Waals surface area contributed by atoms with E-state index in [0.29, 0.717) is 17.9 Å². The van der Waals surface area contributed by atoms with E-state index in [1.165, 1.54) is 21.0 Å². The zero-order valence-corrected chi connectivity index (χ0v) is 12.5. The minimum atomic E-state index is -1.01. The van der Waals surface area contributed by atoms with Crippen molar-refractivity contribution in [1.82, 2.24) is 5.32 Å². The molecule has 6 nitrogen and oxygen atoms in total. The Balaban J connectivity index is 3.02. The van der Waals surface area contributed by atoms with E-state index in [-0.39, 0.29) is 5.91 Å². The molecule has 1 unspecified atom stereocenters. The summed E-state index contributed by atoms with van der Waals surface area (Å²) in [4.78, 5) is 22.2. The number of carbonyl (C=O) groups excluding carboxylic acids is 2. The van der Waals surface area contributed by atoms with Gasteiger partial charge in [0.1, 0.15) is 5.54 Å². The molecule has 0 aliphatic rings. The smallest absolute Gasteiger partial charge is 0.308 e. The molecule has 0 aromatic heterocycles. The summed E-state index contributed by atoms with van der Waals surface area (Å²) in [7, 11) is 1.46. The SMILES string of the molecule is COc1cc(CC(C)(C#N)NC(C)=O)ccc1OC(C)=O. The molecule has 1 aromatic rings. The molecule has 0 bridgehead atoms. The first-order valence-electron chi connectivity index (χ1n) is 6.35. The van der Waals surface area contributed by atoms with Crippen LogP contribution in [0, 0.1) is 11.3 Å². The second kappa shape index (κ2) is 6.75. The van der Waals surface area contributed by atoms with Gasteiger partial charge in [-0.3, -0.25) is 9.59 Å². The lowest BCUT2D eigenvalue weighted by atomic mass is 9.94. The molecule has 0 aliphatic carbocycles. The molecule has 21 heavy (non-hydrogen) atoms. The fourth-order valence-corrected chi connectivity index (χ4v) is 1.97. The van der Waals surface area contributed by atoms with Gasteiger partial charge in [0.05, 0.1) is 13.2 Å². The third kappa shape index (κ3) is 4.80. The Labute approximate surface area is 123 Å². The number of benzene rings is 1. The van der Waals surface area contributed by atoms with Gasteiger partial charge in [-0.05, 0) is 24.6 Å². The van der Waals surface area contributed by atoms with Crippen LogP contribution in [0.4, 0.5) is 0 Å². The second-order valence-corrected chi connectivity index (χ2v) is 4.88. The summed E-state index contributed by atoms with van der Waals surface area (Å²) < 4.78 is 10.2. The molecule has 0 radical (unpaired) electrons. The van der Waals surface area contributed by atoms with Gasteiger partial charge in [0.2, 0.25) is 5.91 Å². The van der Waals surface area contributed by atoms with Crippen LogP contribution in [0.1, 0.15) is 26.3 Å². The number of carbonyl (C=O) groups is 2. The Morgan fingerprint density at radius 2 is 2.00 bits per heavy atom. The van der Waals surface area contributed by atoms with Crippen LogP contribution >= 0.6 is 0 Å². The molecule has 112 valence electrons. The summed E-state index contributed by atoms with van der Waals surface area (Å²) in [6.45, 7) is 4.30. The summed E-state index contributed by atoms with van der Waals surface area (Å²) in [6.07, 6.45) is 0.305. The summed E-state index contributed by atoms with van der Waals surface area (Å²) in [5.74, 6) is -0.0125. The topological polar surface area (TPSA) is 88.4 Å². The summed E-state index contributed by atoms with van der Waals surface area (Å²) in [6, 6.07) is 7.08. The van der Waals surface area contributed by atoms with Crippen LogP contribution in [0.5, 0.6) is 11.5 Å². The zero-order valence-electron chi connectivity index (χ0n) is 12.5. The molecule has 6 heteroatoms. The average molecular weight is 290 g/mol. The molecule has 0 aliphatic heterocycles. The minimum absolute atomic E-state index is 0.275. The molecule has 1 rings (SSSR count). The van der Waals surface area contributed by atoms with Crippen molar-refractivity contribution in [2.45, 2.75) is 32.7 Å². The highest BCUT2D eigenvalue weighted by atomic mass is 16.6. The van der Waals surface area contributed by atoms with E-state index in [1.807, 2.05) is 0 Å². The van der Waals surface area contributed by atoms with Gasteiger partial charge in [0, 0.05) is 20.3 Å². The summed E-state index contributed by atoms with van der Waals surface area (Å²) in [5.41, 5.74) is -0.236. The van der Waals surface area contributed by atoms with Crippen molar-refractivity contribution in [3.63, 3.8) is 0 Å². The number of methoxy groups -OCH3 is 1. The van der Waals surface area contributed by atoms with E-state index >= 15 is 0 Å². The van der Waals surface area contributed by atoms with Crippen molar-refractivity contribution in [2.24, 2.45) is 0 Å². The molecule has 0 saturated carbocycles. The first-order valence-corrected chi connectivity index (χ1v) is 6.35. The normalized spacial score (nSPS) is 12.7. The van der Waals surface area contributed by atoms with Crippen LogP contribution in [0.3, 0.4) is 0 Å². The molecule has 1 N–H and O–H groups in total. The highest BCUT2D eigenvalue weighted by Gasteiger charge is 2.25. The van der Waals surface area contributed by atoms with Gasteiger partial charge in [-0.25, -0.2) is 0 Å². The third-order valence-electron chi connectivity index (χ3n) is 2.74. The number of amides is 1. The number of esters is 1. The zero-order chi connectivity index (χ0) is 16.0. The molecule has 1 amide bonds. The van der Waals surface area contributed by atoms with Gasteiger partial charge < -0.3 is 14.8 Å². The monoisotopic (exact) mass is 290 g/mol. The highest BCUT2D eigenvalue weighted by molar-refractivity contribution is 5.74. The van der Waals surface area contributed by atoms with Gasteiger partial charge in [-0.2, -0.15) is 5.26 Å². The van der Waals surface area contributed by atoms with E-state index in [1.54, 1.807) is 25.1 Å². The van der Waals surface area contributed by atoms with Crippen LogP contribution in [0.15, 0.2) is 18.2 Å². The molecule has 1 atom stereocenters. The first-order chi connectivity index (χ1) is 9.79. The fourth-order valence-electron chi connectivity index (χ4n) is 1.97. The van der Waals surface area contributed by atoms with Gasteiger partial charge in [0.25, 0.3) is 0 Å². The molecule has 0 spiro atoms. The van der Waals surface area contributed by atoms with Crippen molar-refractivity contribution in [3.05, 3.63) is 23.8 Å². The lowest BCUT2D eigenvalue weighted by molar-refractivity contribution is -0.132. The Morgan fingerprint density at radius 1 is 1.33 bits per heavy atom. The van der Waals surface area contributed by atoms with Crippen LogP contribution in [-0.4, -0.2) is 24.5 Å². The predicted molar refractivity (Wildman–Crippen MR) is 75.8 cm³/mol. The molecule has 1 aromatic carbocycles. The van der Waals surface area contributed by atoms with Crippen molar-refractivity contribution in [1.29, 1.82) is 5.26 Å². The molecular weight excluding hydrogens is 272 g/mol. The van der Waals surface area contributed by atoms with Crippen LogP contribution in [0.2, 0.25) is 0 Å². The van der Waals surface area contributed by atoms with Gasteiger partial charge in [-0.1, -0.05) is 6.07 Å². The highest BCUT2D eigenvalue weighted by Crippen LogP contribution is 2.29. The van der Waals surface area contributed by atoms with Gasteiger partial charge in [-0.15, -0.1) is 0 Å². The number of ether oxygens (including phenoxy) is 2. The van der Waals surface area contributed by atoms with Crippen molar-refractivity contribution in [3.8, 4) is 17.6 Å². The largest absolute Gasteiger partial charge is 0.493 e. The van der Waals surface area contributed by atoms with Gasteiger partial charge in [0.15, 0.2) is 11.5 Å². The minimum Gasteiger partial charge on any atom is -0.493 e. The number of rotatable bonds is 5. The number of nitrogens with one attached hydrogen (secondary N) is 1. The van der Waals surface area contributed by atoms with Crippen LogP contribution < -0.4 is 14.8 Å². The Bertz CT molecular complexity index is 592. The van der Waals surface area contributed by atoms with E-state index in [9.17, 15) is 14.9 Å². The summed E-state index contributed by atoms with van der Waals surface area (Å²) >= 11 is 0. The molecule has 0 fully saturated rings. The first kappa shape index (κ1) is 16.5. The molecule has 0 heterocycles. The Hall–Kier alpha value is -2.55. The lowest BCUT2D eigenvalue weighted by Gasteiger charge is -2.23. The standard InChI is InChI=1S/C15H18N2O4/c1-10(18)17-15(3,9-16)8-12-5-6-13(21-11(2)19)14(7-12)20-4/h5-7H,8H2,1-4H3,(H,17,18). The molecular formula is C15H18N2O4. The predicted octanol–water partition coefficient (Wildman–Crippen LogP) is 1.58. The maximum Gasteiger partial charge on any atom is 0.308 e. The number of nitrogens with zero attached hydrogens (tertiary/aromatic N) is 1. The number of hydrogen-bond donors (Lipinski definition) is 1. The lowest BCUT2D eigenvalue weighted by Crippen LogP contribution is -2.45. The van der Waals surface area contributed by atoms with Crippen LogP contribution in [0.25, 0.3) is 0 Å². The fraction of sp³-hybridized carbons (Fsp3) is 0.400. The Morgan fingerprint density at radius 3 is 2.48 bits per heavy atom. The van der Waals surface area contributed by atoms with Gasteiger partial charge >= 0.3 is 5.97 Å². The van der Waals surface area contributed by atoms with Crippen molar-refractivity contribution < 1.29 is 19.1 Å². The summed E-state index contributed by atoms with van der Waals surface area (Å²) in [5, 5.41) is 11.8. The van der Waals surface area contributed by atoms with Crippen LogP contribution in [-0.2, 0) is 16.0 Å². The number of nitriles is 1. The average Bonchev–Trinajstić information content (AvgIpc) is 2.39. The van der Waals surface area contributed by atoms with E-state index in [4.69, 9.17) is 9.47 Å². The Kier molecular flexibility index (Phi) is 5.30. The quantitative estimate of drug-likeness (QED) is 0.657. The van der Waals surface area contributed by atoms with Crippen molar-refractivity contribution >= 4 is 11.9 Å². The maximum absolute atomic E-state index is 11.2. The van der Waals surface area contributed by atoms with Crippen molar-refractivity contribution in [2.75, 3.05) is 7.11 Å². The van der Waals surface area contributed by atoms with E-state index in [2.05, 4.69) is 11.4 Å².